The number of nitriles is 1. The summed E-state index contributed by atoms with van der Waals surface area (Å²) >= 11 is 0. The second-order valence-electron chi connectivity index (χ2n) is 11.2. The quantitative estimate of drug-likeness (QED) is 0.392. The van der Waals surface area contributed by atoms with Crippen LogP contribution < -0.4 is 19.7 Å². The Morgan fingerprint density at radius 3 is 2.68 bits per heavy atom. The Kier molecular flexibility index (Phi) is 9.41. The molecule has 1 amide bonds. The van der Waals surface area contributed by atoms with Crippen LogP contribution >= 0.6 is 0 Å². The lowest BCUT2D eigenvalue weighted by molar-refractivity contribution is -0.143. The highest BCUT2D eigenvalue weighted by Crippen LogP contribution is 2.34. The normalized spacial score (nSPS) is 21.3. The van der Waals surface area contributed by atoms with Gasteiger partial charge in [-0.2, -0.15) is 10.2 Å². The monoisotopic (exact) mass is 604 g/mol. The number of piperazine rings is 1. The number of hydrogen-bond acceptors (Lipinski definition) is 11. The Hall–Kier alpha value is -4.54. The highest BCUT2D eigenvalue weighted by atomic mass is 19.1. The standard InChI is InChI=1S/C31H37FN8O4/c1-19-16-38(3)11-12-40(19)25-7-6-23(14-28(25)43-4)36-31-35-18-34-29(37-31)21-5-8-26(22(13-21)15-33)44-27-9-10-39(17-24(27)32)30(42)20(2)41/h5-8,13-14,18-20,24,27,41H,9-12,16-17H2,1-4H3,(H,34,35,36,37)/t19-,20-,24-,27?/m0/s1. The third-order valence-electron chi connectivity index (χ3n) is 7.94. The van der Waals surface area contributed by atoms with Gasteiger partial charge in [0.05, 0.1) is 24.9 Å². The SMILES string of the molecule is COc1cc(Nc2ncnc(-c3ccc(OC4CCN(C(=O)[C@H](C)O)C[C@@H]4F)c(C#N)c3)n2)ccc1N1CCN(C)C[C@@H]1C. The number of likely N-dealkylation sites (N-methyl/N-ethyl adjacent to an activating group) is 1. The number of halogens is 1. The molecule has 0 aliphatic carbocycles. The average molecular weight is 605 g/mol. The van der Waals surface area contributed by atoms with Crippen molar-refractivity contribution in [2.75, 3.05) is 57.1 Å². The number of piperidine rings is 1. The highest BCUT2D eigenvalue weighted by molar-refractivity contribution is 5.80. The van der Waals surface area contributed by atoms with Crippen molar-refractivity contribution in [3.8, 4) is 29.0 Å². The van der Waals surface area contributed by atoms with Crippen LogP contribution in [0.3, 0.4) is 0 Å². The van der Waals surface area contributed by atoms with Crippen molar-refractivity contribution in [3.63, 3.8) is 0 Å². The second kappa shape index (κ2) is 13.4. The van der Waals surface area contributed by atoms with Crippen molar-refractivity contribution in [2.24, 2.45) is 0 Å². The van der Waals surface area contributed by atoms with Crippen LogP contribution in [0.5, 0.6) is 11.5 Å². The van der Waals surface area contributed by atoms with E-state index in [4.69, 9.17) is 9.47 Å². The molecule has 12 nitrogen and oxygen atoms in total. The van der Waals surface area contributed by atoms with Gasteiger partial charge in [0, 0.05) is 56.0 Å². The van der Waals surface area contributed by atoms with Crippen LogP contribution in [0, 0.1) is 11.3 Å². The van der Waals surface area contributed by atoms with E-state index in [9.17, 15) is 19.6 Å². The first kappa shape index (κ1) is 30.9. The average Bonchev–Trinajstić information content (AvgIpc) is 3.02. The van der Waals surface area contributed by atoms with Gasteiger partial charge in [-0.3, -0.25) is 4.79 Å². The van der Waals surface area contributed by atoms with Crippen molar-refractivity contribution in [1.82, 2.24) is 24.8 Å². The fourth-order valence-electron chi connectivity index (χ4n) is 5.62. The summed E-state index contributed by atoms with van der Waals surface area (Å²) in [4.78, 5) is 31.1. The molecule has 2 aliphatic heterocycles. The van der Waals surface area contributed by atoms with Crippen molar-refractivity contribution < 1.29 is 23.8 Å². The number of rotatable bonds is 8. The zero-order valence-electron chi connectivity index (χ0n) is 25.3. The van der Waals surface area contributed by atoms with Crippen molar-refractivity contribution in [2.45, 2.75) is 44.7 Å². The lowest BCUT2D eigenvalue weighted by Gasteiger charge is -2.40. The number of hydrogen-bond donors (Lipinski definition) is 2. The molecule has 1 unspecified atom stereocenters. The molecule has 5 rings (SSSR count). The molecule has 0 bridgehead atoms. The van der Waals surface area contributed by atoms with Gasteiger partial charge < -0.3 is 34.6 Å². The highest BCUT2D eigenvalue weighted by Gasteiger charge is 2.34. The predicted octanol–water partition coefficient (Wildman–Crippen LogP) is 3.00. The Bertz CT molecular complexity index is 1530. The minimum atomic E-state index is -1.47. The van der Waals surface area contributed by atoms with Crippen LogP contribution in [0.4, 0.5) is 21.7 Å². The third-order valence-corrected chi connectivity index (χ3v) is 7.94. The van der Waals surface area contributed by atoms with Gasteiger partial charge in [-0.15, -0.1) is 0 Å². The van der Waals surface area contributed by atoms with E-state index in [0.29, 0.717) is 23.4 Å². The smallest absolute Gasteiger partial charge is 0.251 e. The number of methoxy groups -OCH3 is 1. The Labute approximate surface area is 256 Å². The minimum absolute atomic E-state index is 0.182. The predicted molar refractivity (Wildman–Crippen MR) is 163 cm³/mol. The van der Waals surface area contributed by atoms with Gasteiger partial charge in [-0.25, -0.2) is 14.4 Å². The van der Waals surface area contributed by atoms with Crippen LogP contribution in [-0.4, -0.2) is 107 Å². The summed E-state index contributed by atoms with van der Waals surface area (Å²) in [5.41, 5.74) is 2.53. The fraction of sp³-hybridized carbons (Fsp3) is 0.452. The lowest BCUT2D eigenvalue weighted by atomic mass is 10.0. The number of carbonyl (C=O) groups is 1. The summed E-state index contributed by atoms with van der Waals surface area (Å²) in [6.07, 6.45) is -1.87. The van der Waals surface area contributed by atoms with E-state index in [0.717, 1.165) is 36.8 Å². The number of aliphatic hydroxyl groups excluding tert-OH is 1. The molecule has 0 spiro atoms. The summed E-state index contributed by atoms with van der Waals surface area (Å²) < 4.78 is 26.5. The van der Waals surface area contributed by atoms with Crippen molar-refractivity contribution >= 4 is 23.2 Å². The van der Waals surface area contributed by atoms with Crippen LogP contribution in [-0.2, 0) is 4.79 Å². The zero-order valence-corrected chi connectivity index (χ0v) is 25.3. The summed E-state index contributed by atoms with van der Waals surface area (Å²) in [5, 5.41) is 22.6. The van der Waals surface area contributed by atoms with E-state index in [1.54, 1.807) is 25.3 Å². The number of aliphatic hydroxyl groups is 1. The van der Waals surface area contributed by atoms with E-state index in [1.807, 2.05) is 18.2 Å². The van der Waals surface area contributed by atoms with Crippen molar-refractivity contribution in [1.29, 1.82) is 5.26 Å². The van der Waals surface area contributed by atoms with Gasteiger partial charge in [0.15, 0.2) is 12.0 Å². The van der Waals surface area contributed by atoms with Gasteiger partial charge in [0.25, 0.3) is 5.91 Å². The van der Waals surface area contributed by atoms with E-state index in [-0.39, 0.29) is 30.8 Å². The van der Waals surface area contributed by atoms with Crippen LogP contribution in [0.15, 0.2) is 42.7 Å². The number of likely N-dealkylation sites (tertiary alicyclic amines) is 1. The number of amides is 1. The first-order valence-electron chi connectivity index (χ1n) is 14.6. The zero-order chi connectivity index (χ0) is 31.4. The molecule has 2 aliphatic rings. The van der Waals surface area contributed by atoms with Gasteiger partial charge >= 0.3 is 0 Å². The van der Waals surface area contributed by atoms with Gasteiger partial charge in [0.1, 0.15) is 36.1 Å². The topological polar surface area (TPSA) is 140 Å². The third kappa shape index (κ3) is 6.82. The van der Waals surface area contributed by atoms with Gasteiger partial charge in [0.2, 0.25) is 5.95 Å². The number of anilines is 3. The van der Waals surface area contributed by atoms with E-state index >= 15 is 0 Å². The molecule has 2 fully saturated rings. The summed E-state index contributed by atoms with van der Waals surface area (Å²) in [5.74, 6) is 1.11. The van der Waals surface area contributed by atoms with Gasteiger partial charge in [-0.1, -0.05) is 0 Å². The maximum atomic E-state index is 14.9. The number of ether oxygens (including phenoxy) is 2. The number of carbonyl (C=O) groups excluding carboxylic acids is 1. The minimum Gasteiger partial charge on any atom is -0.495 e. The maximum Gasteiger partial charge on any atom is 0.251 e. The first-order valence-corrected chi connectivity index (χ1v) is 14.6. The maximum absolute atomic E-state index is 14.9. The molecule has 2 N–H and O–H groups in total. The van der Waals surface area contributed by atoms with E-state index in [2.05, 4.69) is 50.1 Å². The molecular weight excluding hydrogens is 567 g/mol. The molecule has 2 saturated heterocycles. The molecule has 44 heavy (non-hydrogen) atoms. The van der Waals surface area contributed by atoms with Crippen LogP contribution in [0.2, 0.25) is 0 Å². The molecule has 2 aromatic carbocycles. The molecule has 0 radical (unpaired) electrons. The molecule has 0 saturated carbocycles. The Morgan fingerprint density at radius 2 is 1.98 bits per heavy atom. The summed E-state index contributed by atoms with van der Waals surface area (Å²) in [7, 11) is 3.78. The molecule has 3 aromatic rings. The van der Waals surface area contributed by atoms with E-state index < -0.39 is 24.3 Å². The Morgan fingerprint density at radius 1 is 1.16 bits per heavy atom. The van der Waals surface area contributed by atoms with Crippen LogP contribution in [0.25, 0.3) is 11.4 Å². The molecule has 3 heterocycles. The van der Waals surface area contributed by atoms with E-state index in [1.165, 1.54) is 18.2 Å². The summed E-state index contributed by atoms with van der Waals surface area (Å²) in [6.45, 7) is 6.48. The second-order valence-corrected chi connectivity index (χ2v) is 11.2. The molecule has 13 heteroatoms. The number of nitrogens with one attached hydrogen (secondary N) is 1. The fourth-order valence-corrected chi connectivity index (χ4v) is 5.62. The molecule has 1 aromatic heterocycles. The number of benzene rings is 2. The van der Waals surface area contributed by atoms with Crippen molar-refractivity contribution in [3.05, 3.63) is 48.3 Å². The molecule has 232 valence electrons. The first-order chi connectivity index (χ1) is 21.2. The molecule has 4 atom stereocenters. The summed E-state index contributed by atoms with van der Waals surface area (Å²) in [6, 6.07) is 13.2. The molecular formula is C31H37FN8O4. The number of nitrogens with zero attached hydrogens (tertiary/aromatic N) is 7. The number of alkyl halides is 1. The Balaban J connectivity index is 1.28. The lowest BCUT2D eigenvalue weighted by Crippen LogP contribution is -2.51. The number of aromatic nitrogens is 3. The largest absolute Gasteiger partial charge is 0.495 e. The van der Waals surface area contributed by atoms with Crippen LogP contribution in [0.1, 0.15) is 25.8 Å². The van der Waals surface area contributed by atoms with Gasteiger partial charge in [-0.05, 0) is 51.2 Å².